The summed E-state index contributed by atoms with van der Waals surface area (Å²) < 4.78 is 149. The van der Waals surface area contributed by atoms with E-state index in [0.717, 1.165) is 18.2 Å². The first kappa shape index (κ1) is 21.2. The monoisotopic (exact) mass is 466 g/mol. The zero-order valence-corrected chi connectivity index (χ0v) is 13.5. The van der Waals surface area contributed by atoms with E-state index in [-0.39, 0.29) is 0 Å². The molecule has 0 radical (unpaired) electrons. The summed E-state index contributed by atoms with van der Waals surface area (Å²) in [6, 6.07) is 3.27. The van der Waals surface area contributed by atoms with Gasteiger partial charge in [0.15, 0.2) is 0 Å². The Morgan fingerprint density at radius 2 is 1.00 bits per heavy atom. The highest BCUT2D eigenvalue weighted by Crippen LogP contribution is 2.71. The zero-order valence-electron chi connectivity index (χ0n) is 11.9. The Balaban J connectivity index is 2.86. The van der Waals surface area contributed by atoms with Crippen LogP contribution in [0.5, 0.6) is 0 Å². The van der Waals surface area contributed by atoms with Crippen molar-refractivity contribution >= 4 is 15.9 Å². The van der Waals surface area contributed by atoms with Crippen LogP contribution in [-0.2, 0) is 0 Å². The fourth-order valence-corrected chi connectivity index (χ4v) is 3.00. The van der Waals surface area contributed by atoms with E-state index < -0.39 is 51.4 Å². The van der Waals surface area contributed by atoms with Crippen molar-refractivity contribution in [3.8, 4) is 0 Å². The Labute approximate surface area is 145 Å². The van der Waals surface area contributed by atoms with Crippen LogP contribution in [0.25, 0.3) is 0 Å². The van der Waals surface area contributed by atoms with Crippen LogP contribution in [0.4, 0.5) is 48.3 Å². The molecule has 1 unspecified atom stereocenters. The maximum Gasteiger partial charge on any atom is 0.384 e. The second kappa shape index (κ2) is 5.46. The molecule has 1 aromatic rings. The zero-order chi connectivity index (χ0) is 20.6. The van der Waals surface area contributed by atoms with Crippen LogP contribution < -0.4 is 0 Å². The van der Waals surface area contributed by atoms with Gasteiger partial charge in [-0.1, -0.05) is 34.1 Å². The summed E-state index contributed by atoms with van der Waals surface area (Å²) in [5.41, 5.74) is -7.73. The molecule has 26 heavy (non-hydrogen) atoms. The lowest BCUT2D eigenvalue weighted by Gasteiger charge is -2.53. The molecular weight excluding hydrogens is 461 g/mol. The second-order valence-electron chi connectivity index (χ2n) is 5.51. The van der Waals surface area contributed by atoms with Gasteiger partial charge in [0.2, 0.25) is 0 Å². The van der Waals surface area contributed by atoms with E-state index in [1.54, 1.807) is 0 Å². The first-order valence-corrected chi connectivity index (χ1v) is 7.22. The van der Waals surface area contributed by atoms with Crippen molar-refractivity contribution in [2.24, 2.45) is 0 Å². The Morgan fingerprint density at radius 3 is 1.38 bits per heavy atom. The van der Waals surface area contributed by atoms with Crippen LogP contribution >= 0.6 is 15.9 Å². The minimum absolute atomic E-state index is 0.477. The SMILES string of the molecule is OC(c1ccccc1Br)C1(F)C(F)(F)C(F)(F)C(F)(F)C(F)(F)C1(F)F. The molecule has 1 atom stereocenters. The van der Waals surface area contributed by atoms with E-state index in [0.29, 0.717) is 6.07 Å². The van der Waals surface area contributed by atoms with Crippen LogP contribution in [0, 0.1) is 0 Å². The van der Waals surface area contributed by atoms with E-state index in [9.17, 15) is 53.4 Å². The molecule has 2 rings (SSSR count). The molecule has 0 saturated heterocycles. The number of halogens is 12. The Hall–Kier alpha value is -1.11. The van der Waals surface area contributed by atoms with Gasteiger partial charge in [0.25, 0.3) is 5.67 Å². The maximum atomic E-state index is 14.7. The number of benzene rings is 1. The molecule has 1 aliphatic rings. The summed E-state index contributed by atoms with van der Waals surface area (Å²) in [5, 5.41) is 9.61. The van der Waals surface area contributed by atoms with E-state index in [2.05, 4.69) is 15.9 Å². The van der Waals surface area contributed by atoms with Crippen molar-refractivity contribution in [3.63, 3.8) is 0 Å². The van der Waals surface area contributed by atoms with Crippen molar-refractivity contribution in [1.29, 1.82) is 0 Å². The lowest BCUT2D eigenvalue weighted by Crippen LogP contribution is -2.84. The number of aliphatic hydroxyl groups excluding tert-OH is 1. The first-order chi connectivity index (χ1) is 11.4. The fourth-order valence-electron chi connectivity index (χ4n) is 2.50. The molecule has 1 aliphatic carbocycles. The van der Waals surface area contributed by atoms with Crippen LogP contribution in [0.15, 0.2) is 28.7 Å². The van der Waals surface area contributed by atoms with Gasteiger partial charge in [-0.25, -0.2) is 4.39 Å². The average molecular weight is 467 g/mol. The van der Waals surface area contributed by atoms with Crippen molar-refractivity contribution in [3.05, 3.63) is 34.3 Å². The lowest BCUT2D eigenvalue weighted by molar-refractivity contribution is -0.494. The van der Waals surface area contributed by atoms with Crippen LogP contribution in [0.2, 0.25) is 0 Å². The van der Waals surface area contributed by atoms with Crippen molar-refractivity contribution in [2.45, 2.75) is 41.4 Å². The molecule has 0 amide bonds. The Morgan fingerprint density at radius 1 is 0.654 bits per heavy atom. The van der Waals surface area contributed by atoms with Crippen LogP contribution in [0.3, 0.4) is 0 Å². The molecule has 1 N–H and O–H groups in total. The molecule has 0 aromatic heterocycles. The van der Waals surface area contributed by atoms with Gasteiger partial charge in [0.1, 0.15) is 6.10 Å². The summed E-state index contributed by atoms with van der Waals surface area (Å²) in [6.07, 6.45) is -4.02. The van der Waals surface area contributed by atoms with Gasteiger partial charge in [-0.05, 0) is 11.6 Å². The van der Waals surface area contributed by atoms with Gasteiger partial charge in [-0.2, -0.15) is 43.9 Å². The minimum atomic E-state index is -7.31. The molecule has 0 spiro atoms. The van der Waals surface area contributed by atoms with Crippen LogP contribution in [0.1, 0.15) is 11.7 Å². The molecular formula is C13H6BrF11O. The van der Waals surface area contributed by atoms with E-state index >= 15 is 0 Å². The number of rotatable bonds is 2. The lowest BCUT2D eigenvalue weighted by atomic mass is 9.68. The molecule has 0 aliphatic heterocycles. The molecule has 1 fully saturated rings. The summed E-state index contributed by atoms with van der Waals surface area (Å²) in [4.78, 5) is 0. The second-order valence-corrected chi connectivity index (χ2v) is 6.36. The van der Waals surface area contributed by atoms with Crippen LogP contribution in [-0.4, -0.2) is 40.4 Å². The quantitative estimate of drug-likeness (QED) is 0.580. The molecule has 13 heteroatoms. The van der Waals surface area contributed by atoms with E-state index in [1.807, 2.05) is 0 Å². The van der Waals surface area contributed by atoms with Crippen molar-refractivity contribution in [2.75, 3.05) is 0 Å². The Kier molecular flexibility index (Phi) is 4.45. The van der Waals surface area contributed by atoms with Gasteiger partial charge in [0.05, 0.1) is 0 Å². The molecule has 1 aromatic carbocycles. The van der Waals surface area contributed by atoms with Gasteiger partial charge in [0, 0.05) is 4.47 Å². The molecule has 0 heterocycles. The van der Waals surface area contributed by atoms with Gasteiger partial charge >= 0.3 is 29.6 Å². The number of hydrogen-bond donors (Lipinski definition) is 1. The van der Waals surface area contributed by atoms with E-state index in [1.165, 1.54) is 0 Å². The summed E-state index contributed by atoms with van der Waals surface area (Å²) in [6.45, 7) is 0. The largest absolute Gasteiger partial charge is 0.384 e. The maximum absolute atomic E-state index is 14.7. The summed E-state index contributed by atoms with van der Waals surface area (Å²) in [7, 11) is 0. The third-order valence-corrected chi connectivity index (χ3v) is 4.79. The Bertz CT molecular complexity index is 688. The normalized spacial score (nSPS) is 28.3. The molecule has 1 nitrogen and oxygen atoms in total. The highest BCUT2D eigenvalue weighted by Gasteiger charge is 3.02. The molecule has 0 bridgehead atoms. The number of hydrogen-bond acceptors (Lipinski definition) is 1. The summed E-state index contributed by atoms with van der Waals surface area (Å²) in [5.74, 6) is -36.0. The number of alkyl halides is 11. The third-order valence-electron chi connectivity index (χ3n) is 4.07. The van der Waals surface area contributed by atoms with Gasteiger partial charge in [-0.15, -0.1) is 0 Å². The predicted octanol–water partition coefficient (Wildman–Crippen LogP) is 5.38. The van der Waals surface area contributed by atoms with E-state index in [4.69, 9.17) is 0 Å². The first-order valence-electron chi connectivity index (χ1n) is 6.43. The predicted molar refractivity (Wildman–Crippen MR) is 67.7 cm³/mol. The highest BCUT2D eigenvalue weighted by molar-refractivity contribution is 9.10. The smallest absolute Gasteiger partial charge is 0.384 e. The average Bonchev–Trinajstić information content (AvgIpc) is 2.51. The summed E-state index contributed by atoms with van der Waals surface area (Å²) >= 11 is 2.50. The molecule has 148 valence electrons. The van der Waals surface area contributed by atoms with Crippen molar-refractivity contribution < 1.29 is 53.4 Å². The standard InChI is InChI=1S/C13H6BrF11O/c14-6-4-2-1-3-5(6)7(26)8(15)9(16,17)11(20,21)13(24,25)12(22,23)10(8,18)19/h1-4,7,26H. The topological polar surface area (TPSA) is 20.2 Å². The van der Waals surface area contributed by atoms with Crippen molar-refractivity contribution in [1.82, 2.24) is 0 Å². The highest BCUT2D eigenvalue weighted by atomic mass is 79.9. The third kappa shape index (κ3) is 2.01. The fraction of sp³-hybridized carbons (Fsp3) is 0.538. The van der Waals surface area contributed by atoms with Gasteiger partial charge < -0.3 is 5.11 Å². The molecule has 1 saturated carbocycles. The van der Waals surface area contributed by atoms with Gasteiger partial charge in [-0.3, -0.25) is 0 Å². The minimum Gasteiger partial charge on any atom is -0.384 e. The number of aliphatic hydroxyl groups is 1.